The Morgan fingerprint density at radius 2 is 1.72 bits per heavy atom. The lowest BCUT2D eigenvalue weighted by atomic mass is 10.0. The number of fused-ring (bicyclic) bond motifs is 2. The fourth-order valence-electron chi connectivity index (χ4n) is 4.86. The van der Waals surface area contributed by atoms with Crippen LogP contribution >= 0.6 is 0 Å². The Morgan fingerprint density at radius 3 is 2.39 bits per heavy atom. The molecule has 0 saturated heterocycles. The Bertz CT molecular complexity index is 1760. The van der Waals surface area contributed by atoms with Gasteiger partial charge in [0.25, 0.3) is 5.56 Å². The molecule has 0 bridgehead atoms. The molecule has 2 aromatic heterocycles. The van der Waals surface area contributed by atoms with Gasteiger partial charge in [0.1, 0.15) is 0 Å². The number of hydrogen-bond donors (Lipinski definition) is 1. The summed E-state index contributed by atoms with van der Waals surface area (Å²) in [5, 5.41) is 13.4. The van der Waals surface area contributed by atoms with Gasteiger partial charge < -0.3 is 5.11 Å². The minimum Gasteiger partial charge on any atom is -0.476 e. The summed E-state index contributed by atoms with van der Waals surface area (Å²) >= 11 is 0. The predicted octanol–water partition coefficient (Wildman–Crippen LogP) is 1.84. The van der Waals surface area contributed by atoms with Crippen molar-refractivity contribution in [3.63, 3.8) is 0 Å². The third-order valence-electron chi connectivity index (χ3n) is 6.57. The van der Waals surface area contributed by atoms with Gasteiger partial charge in [0, 0.05) is 14.1 Å². The summed E-state index contributed by atoms with van der Waals surface area (Å²) in [7, 11) is 3.08. The topological polar surface area (TPSA) is 121 Å². The van der Waals surface area contributed by atoms with Gasteiger partial charge in [-0.05, 0) is 48.2 Å². The van der Waals surface area contributed by atoms with Gasteiger partial charge >= 0.3 is 23.5 Å². The van der Waals surface area contributed by atoms with Crippen molar-refractivity contribution in [2.75, 3.05) is 0 Å². The van der Waals surface area contributed by atoms with Crippen LogP contribution in [-0.2, 0) is 26.7 Å². The maximum atomic E-state index is 13.5. The zero-order chi connectivity index (χ0) is 26.1. The molecule has 186 valence electrons. The molecular formula is C23H18F3N5O5. The summed E-state index contributed by atoms with van der Waals surface area (Å²) in [4.78, 5) is 50.7. The molecule has 1 atom stereocenters. The van der Waals surface area contributed by atoms with Gasteiger partial charge in [-0.2, -0.15) is 23.0 Å². The Kier molecular flexibility index (Phi) is 5.05. The van der Waals surface area contributed by atoms with Crippen LogP contribution in [0.25, 0.3) is 16.7 Å². The Balaban J connectivity index is 1.77. The van der Waals surface area contributed by atoms with E-state index in [0.29, 0.717) is 20.3 Å². The third-order valence-corrected chi connectivity index (χ3v) is 6.57. The summed E-state index contributed by atoms with van der Waals surface area (Å²) in [6.07, 6.45) is -4.69. The fraction of sp³-hybridized carbons (Fsp3) is 0.261. The fourth-order valence-corrected chi connectivity index (χ4v) is 4.86. The first kappa shape index (κ1) is 23.3. The number of aromatic carboxylic acids is 1. The standard InChI is InChI=1S/C23H18F3N5O5/c1-28-16-8-6-11(10-17(16)29(2)21(28)35)31-22(36)30(19(32)18(27-31)20(33)34)15-9-7-12-13(15)4-3-5-14(12)23(24,25)26/h3-6,8,10,15H,7,9H2,1-2H3,(H,33,34)/t15-/m1/s1. The highest BCUT2D eigenvalue weighted by Crippen LogP contribution is 2.41. The van der Waals surface area contributed by atoms with E-state index in [2.05, 4.69) is 5.10 Å². The van der Waals surface area contributed by atoms with Gasteiger partial charge in [-0.3, -0.25) is 13.9 Å². The molecule has 5 rings (SSSR count). The predicted molar refractivity (Wildman–Crippen MR) is 121 cm³/mol. The van der Waals surface area contributed by atoms with Crippen molar-refractivity contribution < 1.29 is 23.1 Å². The van der Waals surface area contributed by atoms with Gasteiger partial charge in [-0.15, -0.1) is 0 Å². The molecule has 36 heavy (non-hydrogen) atoms. The van der Waals surface area contributed by atoms with Crippen LogP contribution in [0, 0.1) is 0 Å². The Labute approximate surface area is 199 Å². The van der Waals surface area contributed by atoms with Crippen LogP contribution in [0.15, 0.2) is 50.8 Å². The van der Waals surface area contributed by atoms with E-state index in [0.717, 1.165) is 6.07 Å². The number of benzene rings is 2. The van der Waals surface area contributed by atoms with Gasteiger partial charge in [0.15, 0.2) is 0 Å². The smallest absolute Gasteiger partial charge is 0.416 e. The number of carboxylic acids is 1. The van der Waals surface area contributed by atoms with E-state index in [4.69, 9.17) is 0 Å². The first-order valence-corrected chi connectivity index (χ1v) is 10.8. The van der Waals surface area contributed by atoms with Crippen molar-refractivity contribution in [2.45, 2.75) is 25.1 Å². The highest BCUT2D eigenvalue weighted by Gasteiger charge is 2.39. The molecule has 1 aliphatic rings. The quantitative estimate of drug-likeness (QED) is 0.457. The maximum Gasteiger partial charge on any atom is 0.416 e. The normalized spacial score (nSPS) is 15.4. The number of carboxylic acid groups (broad SMARTS) is 1. The molecule has 1 aliphatic carbocycles. The SMILES string of the molecule is Cn1c(=O)n(C)c2cc(-n3nc(C(=O)O)c(=O)n([C@@H]4CCc5c4cccc5C(F)(F)F)c3=O)ccc21. The minimum atomic E-state index is -4.63. The molecule has 0 fully saturated rings. The molecule has 0 unspecified atom stereocenters. The summed E-state index contributed by atoms with van der Waals surface area (Å²) in [5.74, 6) is -1.70. The largest absolute Gasteiger partial charge is 0.476 e. The zero-order valence-electron chi connectivity index (χ0n) is 18.9. The number of rotatable bonds is 3. The van der Waals surface area contributed by atoms with E-state index in [1.807, 2.05) is 0 Å². The first-order valence-electron chi connectivity index (χ1n) is 10.8. The number of halogens is 3. The molecule has 0 saturated carbocycles. The number of imidazole rings is 1. The Morgan fingerprint density at radius 1 is 1.03 bits per heavy atom. The molecule has 13 heteroatoms. The van der Waals surface area contributed by atoms with E-state index < -0.39 is 40.7 Å². The molecule has 10 nitrogen and oxygen atoms in total. The third kappa shape index (κ3) is 3.30. The van der Waals surface area contributed by atoms with Crippen LogP contribution < -0.4 is 16.9 Å². The van der Waals surface area contributed by atoms with E-state index in [1.165, 1.54) is 46.5 Å². The van der Waals surface area contributed by atoms with E-state index in [1.54, 1.807) is 7.05 Å². The molecule has 4 aromatic rings. The zero-order valence-corrected chi connectivity index (χ0v) is 18.9. The van der Waals surface area contributed by atoms with E-state index >= 15 is 0 Å². The van der Waals surface area contributed by atoms with Crippen LogP contribution in [0.3, 0.4) is 0 Å². The maximum absolute atomic E-state index is 13.5. The molecule has 0 radical (unpaired) electrons. The van der Waals surface area contributed by atoms with E-state index in [9.17, 15) is 37.5 Å². The lowest BCUT2D eigenvalue weighted by Crippen LogP contribution is -2.45. The van der Waals surface area contributed by atoms with Crippen LogP contribution in [0.4, 0.5) is 13.2 Å². The summed E-state index contributed by atoms with van der Waals surface area (Å²) in [6.45, 7) is 0. The number of hydrogen-bond acceptors (Lipinski definition) is 5. The van der Waals surface area contributed by atoms with Crippen molar-refractivity contribution in [1.82, 2.24) is 23.5 Å². The van der Waals surface area contributed by atoms with Crippen molar-refractivity contribution >= 4 is 17.0 Å². The molecular weight excluding hydrogens is 483 g/mol. The van der Waals surface area contributed by atoms with E-state index in [-0.39, 0.29) is 35.3 Å². The van der Waals surface area contributed by atoms with Gasteiger partial charge in [0.2, 0.25) is 5.69 Å². The number of alkyl halides is 3. The average molecular weight is 501 g/mol. The van der Waals surface area contributed by atoms with Gasteiger partial charge in [0.05, 0.1) is 28.3 Å². The minimum absolute atomic E-state index is 0.00708. The molecule has 2 aromatic carbocycles. The van der Waals surface area contributed by atoms with Crippen molar-refractivity contribution in [2.24, 2.45) is 14.1 Å². The van der Waals surface area contributed by atoms with Gasteiger partial charge in [-0.1, -0.05) is 12.1 Å². The van der Waals surface area contributed by atoms with Crippen molar-refractivity contribution in [3.05, 3.63) is 90.1 Å². The van der Waals surface area contributed by atoms with Gasteiger partial charge in [-0.25, -0.2) is 19.0 Å². The lowest BCUT2D eigenvalue weighted by molar-refractivity contribution is -0.138. The highest BCUT2D eigenvalue weighted by molar-refractivity contribution is 5.84. The molecule has 0 aliphatic heterocycles. The van der Waals surface area contributed by atoms with Crippen molar-refractivity contribution in [3.8, 4) is 5.69 Å². The van der Waals surface area contributed by atoms with Crippen LogP contribution in [-0.4, -0.2) is 34.6 Å². The van der Waals surface area contributed by atoms with Crippen molar-refractivity contribution in [1.29, 1.82) is 0 Å². The molecule has 1 N–H and O–H groups in total. The second kappa shape index (κ2) is 7.80. The second-order valence-electron chi connectivity index (χ2n) is 8.52. The number of carbonyl (C=O) groups is 1. The van der Waals surface area contributed by atoms with Crippen LogP contribution in [0.5, 0.6) is 0 Å². The number of aryl methyl sites for hydroxylation is 2. The van der Waals surface area contributed by atoms with Crippen LogP contribution in [0.2, 0.25) is 0 Å². The summed E-state index contributed by atoms with van der Waals surface area (Å²) < 4.78 is 44.7. The molecule has 2 heterocycles. The number of aromatic nitrogens is 5. The Hall–Kier alpha value is -4.42. The summed E-state index contributed by atoms with van der Waals surface area (Å²) in [5.41, 5.74) is -3.27. The molecule has 0 amide bonds. The second-order valence-corrected chi connectivity index (χ2v) is 8.52. The van der Waals surface area contributed by atoms with Crippen LogP contribution in [0.1, 0.15) is 39.6 Å². The average Bonchev–Trinajstić information content (AvgIpc) is 3.33. The monoisotopic (exact) mass is 501 g/mol. The summed E-state index contributed by atoms with van der Waals surface area (Å²) in [6, 6.07) is 6.81. The first-order chi connectivity index (χ1) is 16.9. The highest BCUT2D eigenvalue weighted by atomic mass is 19.4. The molecule has 0 spiro atoms. The lowest BCUT2D eigenvalue weighted by Gasteiger charge is -2.18. The number of nitrogens with zero attached hydrogens (tertiary/aromatic N) is 5.